The number of hydrogen-bond donors (Lipinski definition) is 1. The van der Waals surface area contributed by atoms with Gasteiger partial charge in [0.2, 0.25) is 0 Å². The molecule has 4 rings (SSSR count). The van der Waals surface area contributed by atoms with E-state index in [1.54, 1.807) is 6.07 Å². The van der Waals surface area contributed by atoms with Crippen LogP contribution < -0.4 is 10.9 Å². The molecule has 2 aromatic rings. The van der Waals surface area contributed by atoms with Crippen LogP contribution >= 0.6 is 11.3 Å². The summed E-state index contributed by atoms with van der Waals surface area (Å²) in [5.74, 6) is 0.749. The summed E-state index contributed by atoms with van der Waals surface area (Å²) in [5.41, 5.74) is 2.86. The Labute approximate surface area is 135 Å². The van der Waals surface area contributed by atoms with Crippen LogP contribution in [0.3, 0.4) is 0 Å². The van der Waals surface area contributed by atoms with E-state index in [2.05, 4.69) is 33.5 Å². The Hall–Kier alpha value is -1.39. The van der Waals surface area contributed by atoms with Gasteiger partial charge >= 0.3 is 0 Å². The molecule has 0 radical (unpaired) electrons. The summed E-state index contributed by atoms with van der Waals surface area (Å²) in [5, 5.41) is 5.80. The zero-order valence-corrected chi connectivity index (χ0v) is 13.6. The first kappa shape index (κ1) is 14.2. The molecule has 3 nitrogen and oxygen atoms in total. The Balaban J connectivity index is 1.47. The highest BCUT2D eigenvalue weighted by atomic mass is 32.1. The van der Waals surface area contributed by atoms with Gasteiger partial charge in [-0.3, -0.25) is 4.79 Å². The molecule has 116 valence electrons. The first-order valence-corrected chi connectivity index (χ1v) is 9.15. The van der Waals surface area contributed by atoms with Gasteiger partial charge in [-0.2, -0.15) is 0 Å². The average Bonchev–Trinajstić information content (AvgIpc) is 3.20. The van der Waals surface area contributed by atoms with Crippen molar-refractivity contribution < 1.29 is 0 Å². The van der Waals surface area contributed by atoms with Crippen LogP contribution in [0.1, 0.15) is 35.4 Å². The summed E-state index contributed by atoms with van der Waals surface area (Å²) in [4.78, 5) is 13.6. The molecule has 4 heteroatoms. The molecule has 0 bridgehead atoms. The van der Waals surface area contributed by atoms with Crippen molar-refractivity contribution in [2.75, 3.05) is 0 Å². The van der Waals surface area contributed by atoms with E-state index in [9.17, 15) is 4.79 Å². The number of thiophene rings is 1. The molecule has 2 aliphatic carbocycles. The molecular weight excluding hydrogens is 292 g/mol. The van der Waals surface area contributed by atoms with E-state index in [0.29, 0.717) is 6.04 Å². The van der Waals surface area contributed by atoms with Crippen LogP contribution in [0.2, 0.25) is 0 Å². The highest BCUT2D eigenvalue weighted by Gasteiger charge is 2.26. The van der Waals surface area contributed by atoms with Crippen molar-refractivity contribution in [2.24, 2.45) is 5.92 Å². The molecule has 0 saturated heterocycles. The number of hydrogen-bond acceptors (Lipinski definition) is 3. The predicted molar refractivity (Wildman–Crippen MR) is 90.4 cm³/mol. The highest BCUT2D eigenvalue weighted by molar-refractivity contribution is 7.09. The average molecular weight is 314 g/mol. The Bertz CT molecular complexity index is 700. The Morgan fingerprint density at radius 1 is 1.23 bits per heavy atom. The monoisotopic (exact) mass is 314 g/mol. The molecule has 1 saturated carbocycles. The number of aromatic nitrogens is 1. The Morgan fingerprint density at radius 2 is 2.14 bits per heavy atom. The van der Waals surface area contributed by atoms with Gasteiger partial charge < -0.3 is 9.88 Å². The second-order valence-corrected chi connectivity index (χ2v) is 7.63. The quantitative estimate of drug-likeness (QED) is 0.920. The number of rotatable bonds is 5. The topological polar surface area (TPSA) is 34.0 Å². The van der Waals surface area contributed by atoms with E-state index < -0.39 is 0 Å². The number of nitrogens with one attached hydrogen (secondary N) is 1. The SMILES string of the molecule is O=c1ccc2c(n1CC1CC1)CC[C@H](NCc1cccs1)C2. The van der Waals surface area contributed by atoms with E-state index in [1.165, 1.54) is 29.0 Å². The van der Waals surface area contributed by atoms with Crippen LogP contribution in [-0.2, 0) is 25.9 Å². The van der Waals surface area contributed by atoms with Crippen LogP contribution in [0.5, 0.6) is 0 Å². The summed E-state index contributed by atoms with van der Waals surface area (Å²) >= 11 is 1.81. The maximum atomic E-state index is 12.2. The third-order valence-electron chi connectivity index (χ3n) is 4.87. The van der Waals surface area contributed by atoms with Gasteiger partial charge in [0.15, 0.2) is 0 Å². The number of fused-ring (bicyclic) bond motifs is 1. The first-order chi connectivity index (χ1) is 10.8. The lowest BCUT2D eigenvalue weighted by Gasteiger charge is -2.27. The summed E-state index contributed by atoms with van der Waals surface area (Å²) in [6.07, 6.45) is 5.79. The smallest absolute Gasteiger partial charge is 0.250 e. The molecule has 0 spiro atoms. The van der Waals surface area contributed by atoms with Crippen molar-refractivity contribution in [3.8, 4) is 0 Å². The van der Waals surface area contributed by atoms with Crippen LogP contribution in [-0.4, -0.2) is 10.6 Å². The van der Waals surface area contributed by atoms with E-state index in [0.717, 1.165) is 38.3 Å². The second-order valence-electron chi connectivity index (χ2n) is 6.60. The first-order valence-electron chi connectivity index (χ1n) is 8.27. The van der Waals surface area contributed by atoms with Crippen molar-refractivity contribution in [1.82, 2.24) is 9.88 Å². The minimum absolute atomic E-state index is 0.190. The van der Waals surface area contributed by atoms with Crippen molar-refractivity contribution in [3.63, 3.8) is 0 Å². The van der Waals surface area contributed by atoms with E-state index in [1.807, 2.05) is 11.3 Å². The van der Waals surface area contributed by atoms with E-state index >= 15 is 0 Å². The molecule has 0 amide bonds. The van der Waals surface area contributed by atoms with E-state index in [-0.39, 0.29) is 5.56 Å². The molecule has 1 N–H and O–H groups in total. The summed E-state index contributed by atoms with van der Waals surface area (Å²) in [6, 6.07) is 8.64. The predicted octanol–water partition coefficient (Wildman–Crippen LogP) is 2.97. The zero-order chi connectivity index (χ0) is 14.9. The normalized spacial score (nSPS) is 20.8. The number of nitrogens with zero attached hydrogens (tertiary/aromatic N) is 1. The minimum Gasteiger partial charge on any atom is -0.312 e. The van der Waals surface area contributed by atoms with Gasteiger partial charge in [-0.15, -0.1) is 11.3 Å². The lowest BCUT2D eigenvalue weighted by molar-refractivity contribution is 0.437. The van der Waals surface area contributed by atoms with Gasteiger partial charge in [-0.25, -0.2) is 0 Å². The van der Waals surface area contributed by atoms with Gasteiger partial charge in [-0.05, 0) is 55.0 Å². The molecular formula is C18H22N2OS. The number of pyridine rings is 1. The van der Waals surface area contributed by atoms with Gasteiger partial charge in [0.1, 0.15) is 0 Å². The van der Waals surface area contributed by atoms with Crippen molar-refractivity contribution in [3.05, 3.63) is 56.1 Å². The van der Waals surface area contributed by atoms with Gasteiger partial charge in [0.25, 0.3) is 5.56 Å². The molecule has 2 aliphatic rings. The van der Waals surface area contributed by atoms with Crippen molar-refractivity contribution in [1.29, 1.82) is 0 Å². The second kappa shape index (κ2) is 6.01. The fourth-order valence-corrected chi connectivity index (χ4v) is 4.07. The van der Waals surface area contributed by atoms with Crippen LogP contribution in [0.4, 0.5) is 0 Å². The van der Waals surface area contributed by atoms with Crippen LogP contribution in [0.15, 0.2) is 34.4 Å². The van der Waals surface area contributed by atoms with Gasteiger partial charge in [0.05, 0.1) is 0 Å². The third kappa shape index (κ3) is 3.03. The molecule has 0 aromatic carbocycles. The molecule has 0 aliphatic heterocycles. The molecule has 2 aromatic heterocycles. The van der Waals surface area contributed by atoms with Crippen LogP contribution in [0, 0.1) is 5.92 Å². The maximum absolute atomic E-state index is 12.2. The maximum Gasteiger partial charge on any atom is 0.250 e. The largest absolute Gasteiger partial charge is 0.312 e. The fraction of sp³-hybridized carbons (Fsp3) is 0.500. The van der Waals surface area contributed by atoms with E-state index in [4.69, 9.17) is 0 Å². The highest BCUT2D eigenvalue weighted by Crippen LogP contribution is 2.31. The minimum atomic E-state index is 0.190. The Morgan fingerprint density at radius 3 is 2.91 bits per heavy atom. The third-order valence-corrected chi connectivity index (χ3v) is 5.74. The zero-order valence-electron chi connectivity index (χ0n) is 12.8. The standard InChI is InChI=1S/C18H22N2OS/c21-18-8-5-14-10-15(19-11-16-2-1-9-22-16)6-7-17(14)20(18)12-13-3-4-13/h1-2,5,8-9,13,15,19H,3-4,6-7,10-12H2/t15-/m0/s1. The molecule has 1 fully saturated rings. The summed E-state index contributed by atoms with van der Waals surface area (Å²) < 4.78 is 2.06. The summed E-state index contributed by atoms with van der Waals surface area (Å²) in [7, 11) is 0. The van der Waals surface area contributed by atoms with Crippen LogP contribution in [0.25, 0.3) is 0 Å². The Kier molecular flexibility index (Phi) is 3.89. The van der Waals surface area contributed by atoms with Crippen molar-refractivity contribution >= 4 is 11.3 Å². The fourth-order valence-electron chi connectivity index (χ4n) is 3.42. The lowest BCUT2D eigenvalue weighted by atomic mass is 9.91. The molecule has 2 heterocycles. The van der Waals surface area contributed by atoms with Crippen molar-refractivity contribution in [2.45, 2.75) is 51.2 Å². The van der Waals surface area contributed by atoms with Gasteiger partial charge in [-0.1, -0.05) is 12.1 Å². The summed E-state index contributed by atoms with van der Waals surface area (Å²) in [6.45, 7) is 1.90. The molecule has 0 unspecified atom stereocenters. The van der Waals surface area contributed by atoms with Gasteiger partial charge in [0, 0.05) is 35.8 Å². The lowest BCUT2D eigenvalue weighted by Crippen LogP contribution is -2.37. The molecule has 22 heavy (non-hydrogen) atoms. The molecule has 1 atom stereocenters.